The first-order valence-electron chi connectivity index (χ1n) is 7.52. The van der Waals surface area contributed by atoms with Crippen LogP contribution in [-0.4, -0.2) is 30.8 Å². The number of aryl methyl sites for hydroxylation is 1. The van der Waals surface area contributed by atoms with Gasteiger partial charge in [0.15, 0.2) is 0 Å². The fourth-order valence-corrected chi connectivity index (χ4v) is 1.82. The van der Waals surface area contributed by atoms with Crippen LogP contribution in [0.4, 0.5) is 4.79 Å². The van der Waals surface area contributed by atoms with E-state index < -0.39 is 23.7 Å². The van der Waals surface area contributed by atoms with Gasteiger partial charge in [-0.15, -0.1) is 0 Å². The van der Waals surface area contributed by atoms with Crippen molar-refractivity contribution in [3.05, 3.63) is 41.5 Å². The molecule has 0 aliphatic carbocycles. The molecule has 1 aromatic carbocycles. The summed E-state index contributed by atoms with van der Waals surface area (Å²) < 4.78 is 9.88. The second-order valence-electron chi connectivity index (χ2n) is 6.27. The van der Waals surface area contributed by atoms with Crippen LogP contribution in [0.3, 0.4) is 0 Å². The molecule has 0 heterocycles. The summed E-state index contributed by atoms with van der Waals surface area (Å²) >= 11 is 0. The molecule has 5 heteroatoms. The molecule has 0 spiro atoms. The number of hydrogen-bond acceptors (Lipinski definition) is 4. The summed E-state index contributed by atoms with van der Waals surface area (Å²) in [5, 5.41) is 2.53. The van der Waals surface area contributed by atoms with Crippen LogP contribution in [0.5, 0.6) is 0 Å². The minimum atomic E-state index is -0.781. The van der Waals surface area contributed by atoms with Crippen molar-refractivity contribution < 1.29 is 19.1 Å². The Balaban J connectivity index is 2.66. The fourth-order valence-electron chi connectivity index (χ4n) is 1.82. The molecule has 0 bridgehead atoms. The Morgan fingerprint density at radius 3 is 2.35 bits per heavy atom. The number of carbonyl (C=O) groups is 2. The molecule has 1 rings (SSSR count). The number of alkyl carbamates (subject to hydrolysis) is 1. The molecule has 1 amide bonds. The van der Waals surface area contributed by atoms with Crippen molar-refractivity contribution in [3.63, 3.8) is 0 Å². The SMILES string of the molecule is COC(=O)[C@H](C/C=C\c1ccc(C)cc1)NC(=O)OC(C)(C)C. The van der Waals surface area contributed by atoms with Crippen molar-refractivity contribution >= 4 is 18.1 Å². The summed E-state index contributed by atoms with van der Waals surface area (Å²) in [6.07, 6.45) is 3.40. The van der Waals surface area contributed by atoms with Crippen LogP contribution in [0.2, 0.25) is 0 Å². The van der Waals surface area contributed by atoms with Crippen LogP contribution in [0, 0.1) is 6.92 Å². The second-order valence-corrected chi connectivity index (χ2v) is 6.27. The van der Waals surface area contributed by atoms with Crippen molar-refractivity contribution in [1.29, 1.82) is 0 Å². The Bertz CT molecular complexity index is 555. The van der Waals surface area contributed by atoms with Crippen molar-refractivity contribution in [1.82, 2.24) is 5.32 Å². The average Bonchev–Trinajstić information content (AvgIpc) is 2.45. The van der Waals surface area contributed by atoms with E-state index in [1.165, 1.54) is 12.7 Å². The number of hydrogen-bond donors (Lipinski definition) is 1. The van der Waals surface area contributed by atoms with Crippen LogP contribution in [0.1, 0.15) is 38.3 Å². The van der Waals surface area contributed by atoms with Gasteiger partial charge in [-0.25, -0.2) is 9.59 Å². The van der Waals surface area contributed by atoms with E-state index in [1.54, 1.807) is 20.8 Å². The Kier molecular flexibility index (Phi) is 6.82. The Morgan fingerprint density at radius 1 is 1.22 bits per heavy atom. The van der Waals surface area contributed by atoms with Gasteiger partial charge in [0.2, 0.25) is 0 Å². The lowest BCUT2D eigenvalue weighted by Crippen LogP contribution is -2.43. The second kappa shape index (κ2) is 8.36. The van der Waals surface area contributed by atoms with Crippen molar-refractivity contribution in [2.24, 2.45) is 0 Å². The summed E-state index contributed by atoms with van der Waals surface area (Å²) in [4.78, 5) is 23.6. The van der Waals surface area contributed by atoms with Gasteiger partial charge >= 0.3 is 12.1 Å². The number of methoxy groups -OCH3 is 1. The first-order chi connectivity index (χ1) is 10.7. The molecule has 0 radical (unpaired) electrons. The maximum Gasteiger partial charge on any atom is 0.408 e. The van der Waals surface area contributed by atoms with Gasteiger partial charge < -0.3 is 14.8 Å². The Labute approximate surface area is 137 Å². The zero-order chi connectivity index (χ0) is 17.5. The first-order valence-corrected chi connectivity index (χ1v) is 7.52. The van der Waals surface area contributed by atoms with Crippen molar-refractivity contribution in [2.45, 2.75) is 45.8 Å². The van der Waals surface area contributed by atoms with Crippen LogP contribution in [-0.2, 0) is 14.3 Å². The molecule has 0 saturated carbocycles. The van der Waals surface area contributed by atoms with Crippen molar-refractivity contribution in [2.75, 3.05) is 7.11 Å². The van der Waals surface area contributed by atoms with Crippen LogP contribution in [0.25, 0.3) is 6.08 Å². The quantitative estimate of drug-likeness (QED) is 0.844. The van der Waals surface area contributed by atoms with E-state index in [-0.39, 0.29) is 0 Å². The van der Waals surface area contributed by atoms with E-state index in [2.05, 4.69) is 5.32 Å². The van der Waals surface area contributed by atoms with Gasteiger partial charge in [0.1, 0.15) is 11.6 Å². The molecule has 0 aromatic heterocycles. The third kappa shape index (κ3) is 7.49. The predicted octanol–water partition coefficient (Wildman–Crippen LogP) is 3.46. The molecule has 0 saturated heterocycles. The maximum atomic E-state index is 11.8. The van der Waals surface area contributed by atoms with Gasteiger partial charge in [-0.1, -0.05) is 42.0 Å². The molecule has 0 aliphatic rings. The number of nitrogens with one attached hydrogen (secondary N) is 1. The molecule has 0 fully saturated rings. The Morgan fingerprint density at radius 2 is 1.83 bits per heavy atom. The van der Waals surface area contributed by atoms with E-state index in [0.29, 0.717) is 6.42 Å². The van der Waals surface area contributed by atoms with E-state index in [1.807, 2.05) is 43.3 Å². The van der Waals surface area contributed by atoms with Crippen LogP contribution >= 0.6 is 0 Å². The summed E-state index contributed by atoms with van der Waals surface area (Å²) in [6, 6.07) is 7.21. The summed E-state index contributed by atoms with van der Waals surface area (Å²) in [7, 11) is 1.29. The molecule has 1 atom stereocenters. The van der Waals surface area contributed by atoms with Crippen molar-refractivity contribution in [3.8, 4) is 0 Å². The predicted molar refractivity (Wildman–Crippen MR) is 90.0 cm³/mol. The van der Waals surface area contributed by atoms with E-state index in [9.17, 15) is 9.59 Å². The van der Waals surface area contributed by atoms with E-state index in [4.69, 9.17) is 9.47 Å². The van der Waals surface area contributed by atoms with Gasteiger partial charge in [-0.2, -0.15) is 0 Å². The smallest absolute Gasteiger partial charge is 0.408 e. The molecule has 126 valence electrons. The summed E-state index contributed by atoms with van der Waals surface area (Å²) in [6.45, 7) is 7.30. The highest BCUT2D eigenvalue weighted by atomic mass is 16.6. The number of carbonyl (C=O) groups excluding carboxylic acids is 2. The largest absolute Gasteiger partial charge is 0.467 e. The lowest BCUT2D eigenvalue weighted by atomic mass is 10.1. The monoisotopic (exact) mass is 319 g/mol. The number of amides is 1. The topological polar surface area (TPSA) is 64.6 Å². The molecule has 1 aromatic rings. The van der Waals surface area contributed by atoms with Gasteiger partial charge in [0.05, 0.1) is 7.11 Å². The molecule has 0 unspecified atom stereocenters. The van der Waals surface area contributed by atoms with Crippen LogP contribution in [0.15, 0.2) is 30.3 Å². The minimum Gasteiger partial charge on any atom is -0.467 e. The normalized spacial score (nSPS) is 12.7. The minimum absolute atomic E-state index is 0.319. The number of benzene rings is 1. The zero-order valence-electron chi connectivity index (χ0n) is 14.4. The lowest BCUT2D eigenvalue weighted by molar-refractivity contribution is -0.143. The fraction of sp³-hybridized carbons (Fsp3) is 0.444. The average molecular weight is 319 g/mol. The molecule has 5 nitrogen and oxygen atoms in total. The number of ether oxygens (including phenoxy) is 2. The zero-order valence-corrected chi connectivity index (χ0v) is 14.4. The maximum absolute atomic E-state index is 11.8. The van der Waals surface area contributed by atoms with Gasteiger partial charge in [0.25, 0.3) is 0 Å². The number of esters is 1. The van der Waals surface area contributed by atoms with Gasteiger partial charge in [-0.05, 0) is 39.7 Å². The standard InChI is InChI=1S/C18H25NO4/c1-13-9-11-14(12-10-13)7-6-8-15(16(20)22-5)19-17(21)23-18(2,3)4/h6-7,9-12,15H,8H2,1-5H3,(H,19,21)/b7-6-/t15-/m0/s1. The highest BCUT2D eigenvalue weighted by Crippen LogP contribution is 2.09. The molecule has 0 aliphatic heterocycles. The number of rotatable bonds is 5. The first kappa shape index (κ1) is 18.7. The molecular formula is C18H25NO4. The highest BCUT2D eigenvalue weighted by Gasteiger charge is 2.23. The van der Waals surface area contributed by atoms with E-state index >= 15 is 0 Å². The molecule has 1 N–H and O–H groups in total. The summed E-state index contributed by atoms with van der Waals surface area (Å²) in [5.74, 6) is -0.510. The third-order valence-corrected chi connectivity index (χ3v) is 2.94. The highest BCUT2D eigenvalue weighted by molar-refractivity contribution is 5.81. The summed E-state index contributed by atoms with van der Waals surface area (Å²) in [5.41, 5.74) is 1.58. The van der Waals surface area contributed by atoms with E-state index in [0.717, 1.165) is 5.56 Å². The molecular weight excluding hydrogens is 294 g/mol. The third-order valence-electron chi connectivity index (χ3n) is 2.94. The Hall–Kier alpha value is -2.30. The van der Waals surface area contributed by atoms with Gasteiger partial charge in [0, 0.05) is 0 Å². The molecule has 23 heavy (non-hydrogen) atoms. The van der Waals surface area contributed by atoms with Crippen LogP contribution < -0.4 is 5.32 Å². The lowest BCUT2D eigenvalue weighted by Gasteiger charge is -2.22. The van der Waals surface area contributed by atoms with Gasteiger partial charge in [-0.3, -0.25) is 0 Å².